The average molecular weight is 385 g/mol. The van der Waals surface area contributed by atoms with E-state index in [0.29, 0.717) is 31.0 Å². The molecule has 5 heteroatoms. The average Bonchev–Trinajstić information content (AvgIpc) is 2.97. The minimum Gasteiger partial charge on any atom is -0.477 e. The molecule has 0 saturated heterocycles. The molecule has 0 aromatic carbocycles. The Morgan fingerprint density at radius 1 is 1.15 bits per heavy atom. The van der Waals surface area contributed by atoms with Crippen molar-refractivity contribution in [3.05, 3.63) is 12.2 Å². The van der Waals surface area contributed by atoms with Crippen LogP contribution in [0.3, 0.4) is 0 Å². The molecule has 0 radical (unpaired) electrons. The van der Waals surface area contributed by atoms with Crippen LogP contribution in [0.15, 0.2) is 12.2 Å². The number of ketones is 1. The fraction of sp³-hybridized carbons (Fsp3) is 0.818. The molecule has 1 aliphatic rings. The number of carboxylic acid groups (broad SMARTS) is 1. The van der Waals surface area contributed by atoms with Crippen LogP contribution in [0.5, 0.6) is 0 Å². The number of allylic oxidation sites excluding steroid dienone is 2. The van der Waals surface area contributed by atoms with E-state index in [4.69, 9.17) is 10.2 Å². The molecule has 156 valence electrons. The summed E-state index contributed by atoms with van der Waals surface area (Å²) in [5.41, 5.74) is 0. The van der Waals surface area contributed by atoms with E-state index in [0.717, 1.165) is 25.7 Å². The molecule has 1 rings (SSSR count). The first-order valence-corrected chi connectivity index (χ1v) is 10.7. The molecule has 1 aliphatic carbocycles. The van der Waals surface area contributed by atoms with Gasteiger partial charge in [0.15, 0.2) is 0 Å². The van der Waals surface area contributed by atoms with Crippen LogP contribution in [0.1, 0.15) is 96.8 Å². The number of carboxylic acids is 1. The summed E-state index contributed by atoms with van der Waals surface area (Å²) in [7, 11) is 0. The SMILES string of the molecule is CCCCCCCCC=C[C@H]1CCC(=O)[C@@H]1CCCCCC(O)(F)C(=O)O. The van der Waals surface area contributed by atoms with Crippen LogP contribution in [0.4, 0.5) is 4.39 Å². The maximum Gasteiger partial charge on any atom is 0.369 e. The van der Waals surface area contributed by atoms with Gasteiger partial charge in [-0.15, -0.1) is 0 Å². The van der Waals surface area contributed by atoms with Crippen LogP contribution in [-0.4, -0.2) is 27.8 Å². The molecule has 0 heterocycles. The Balaban J connectivity index is 2.22. The highest BCUT2D eigenvalue weighted by Gasteiger charge is 2.35. The lowest BCUT2D eigenvalue weighted by molar-refractivity contribution is -0.181. The lowest BCUT2D eigenvalue weighted by Crippen LogP contribution is -2.32. The minimum absolute atomic E-state index is 0.0505. The van der Waals surface area contributed by atoms with Gasteiger partial charge in [-0.25, -0.2) is 4.79 Å². The molecule has 1 unspecified atom stereocenters. The van der Waals surface area contributed by atoms with E-state index in [2.05, 4.69) is 19.1 Å². The molecular weight excluding hydrogens is 347 g/mol. The van der Waals surface area contributed by atoms with Gasteiger partial charge in [0.1, 0.15) is 5.78 Å². The van der Waals surface area contributed by atoms with Crippen LogP contribution >= 0.6 is 0 Å². The number of carbonyl (C=O) groups is 2. The van der Waals surface area contributed by atoms with Gasteiger partial charge in [-0.3, -0.25) is 4.79 Å². The highest BCUT2D eigenvalue weighted by atomic mass is 19.2. The van der Waals surface area contributed by atoms with Gasteiger partial charge >= 0.3 is 11.8 Å². The normalized spacial score (nSPS) is 22.4. The summed E-state index contributed by atoms with van der Waals surface area (Å²) in [4.78, 5) is 22.6. The smallest absolute Gasteiger partial charge is 0.369 e. The third-order valence-corrected chi connectivity index (χ3v) is 5.61. The predicted molar refractivity (Wildman–Crippen MR) is 105 cm³/mol. The van der Waals surface area contributed by atoms with E-state index < -0.39 is 18.2 Å². The summed E-state index contributed by atoms with van der Waals surface area (Å²) in [5, 5.41) is 17.6. The van der Waals surface area contributed by atoms with Gasteiger partial charge in [0.2, 0.25) is 0 Å². The monoisotopic (exact) mass is 384 g/mol. The maximum atomic E-state index is 13.2. The number of hydrogen-bond donors (Lipinski definition) is 2. The van der Waals surface area contributed by atoms with Crippen LogP contribution < -0.4 is 0 Å². The van der Waals surface area contributed by atoms with E-state index in [1.807, 2.05) is 0 Å². The van der Waals surface area contributed by atoms with Crippen LogP contribution in [0.25, 0.3) is 0 Å². The molecule has 27 heavy (non-hydrogen) atoms. The summed E-state index contributed by atoms with van der Waals surface area (Å²) in [6.45, 7) is 2.22. The van der Waals surface area contributed by atoms with Crippen molar-refractivity contribution < 1.29 is 24.2 Å². The Morgan fingerprint density at radius 3 is 2.52 bits per heavy atom. The second-order valence-electron chi connectivity index (χ2n) is 7.92. The van der Waals surface area contributed by atoms with Crippen molar-refractivity contribution in [1.29, 1.82) is 0 Å². The first-order valence-electron chi connectivity index (χ1n) is 10.7. The van der Waals surface area contributed by atoms with Crippen molar-refractivity contribution in [2.24, 2.45) is 11.8 Å². The highest BCUT2D eigenvalue weighted by Crippen LogP contribution is 2.34. The van der Waals surface area contributed by atoms with E-state index in [-0.39, 0.29) is 5.92 Å². The fourth-order valence-corrected chi connectivity index (χ4v) is 3.86. The first-order chi connectivity index (χ1) is 12.9. The number of hydrogen-bond acceptors (Lipinski definition) is 3. The maximum absolute atomic E-state index is 13.2. The van der Waals surface area contributed by atoms with Crippen LogP contribution in [0.2, 0.25) is 0 Å². The van der Waals surface area contributed by atoms with Crippen molar-refractivity contribution in [3.63, 3.8) is 0 Å². The fourth-order valence-electron chi connectivity index (χ4n) is 3.86. The summed E-state index contributed by atoms with van der Waals surface area (Å²) < 4.78 is 13.2. The van der Waals surface area contributed by atoms with Gasteiger partial charge in [-0.2, -0.15) is 4.39 Å². The van der Waals surface area contributed by atoms with Crippen molar-refractivity contribution in [1.82, 2.24) is 0 Å². The number of rotatable bonds is 15. The Bertz CT molecular complexity index is 473. The number of aliphatic hydroxyl groups is 1. The zero-order chi connectivity index (χ0) is 20.1. The van der Waals surface area contributed by atoms with E-state index >= 15 is 0 Å². The van der Waals surface area contributed by atoms with E-state index in [9.17, 15) is 14.0 Å². The topological polar surface area (TPSA) is 74.6 Å². The third kappa shape index (κ3) is 9.50. The largest absolute Gasteiger partial charge is 0.477 e. The molecule has 0 aliphatic heterocycles. The highest BCUT2D eigenvalue weighted by molar-refractivity contribution is 5.83. The molecule has 0 bridgehead atoms. The van der Waals surface area contributed by atoms with Gasteiger partial charge in [-0.1, -0.05) is 64.0 Å². The summed E-state index contributed by atoms with van der Waals surface area (Å²) in [6.07, 6.45) is 16.8. The first kappa shape index (κ1) is 23.8. The van der Waals surface area contributed by atoms with E-state index in [1.165, 1.54) is 38.5 Å². The Hall–Kier alpha value is -1.23. The van der Waals surface area contributed by atoms with Gasteiger partial charge in [0.25, 0.3) is 0 Å². The summed E-state index contributed by atoms with van der Waals surface area (Å²) in [6, 6.07) is 0. The lowest BCUT2D eigenvalue weighted by Gasteiger charge is -2.16. The van der Waals surface area contributed by atoms with Gasteiger partial charge in [0, 0.05) is 18.8 Å². The second kappa shape index (κ2) is 13.0. The van der Waals surface area contributed by atoms with Gasteiger partial charge in [-0.05, 0) is 38.0 Å². The second-order valence-corrected chi connectivity index (χ2v) is 7.92. The van der Waals surface area contributed by atoms with Crippen LogP contribution in [0, 0.1) is 11.8 Å². The third-order valence-electron chi connectivity index (χ3n) is 5.61. The molecule has 0 spiro atoms. The summed E-state index contributed by atoms with van der Waals surface area (Å²) in [5.74, 6) is -4.28. The van der Waals surface area contributed by atoms with Gasteiger partial charge < -0.3 is 10.2 Å². The zero-order valence-corrected chi connectivity index (χ0v) is 16.8. The zero-order valence-electron chi connectivity index (χ0n) is 16.8. The standard InChI is InChI=1S/C22H37FO4/c1-2-3-4-5-6-7-8-10-13-18-15-16-20(24)19(18)14-11-9-12-17-22(23,27)21(25)26/h10,13,18-19,27H,2-9,11-12,14-17H2,1H3,(H,25,26)/t18-,19+,22?/m0/s1. The Labute approximate surface area is 163 Å². The van der Waals surface area contributed by atoms with Crippen molar-refractivity contribution in [3.8, 4) is 0 Å². The molecule has 0 aromatic rings. The Kier molecular flexibility index (Phi) is 11.5. The van der Waals surface area contributed by atoms with E-state index in [1.54, 1.807) is 0 Å². The number of aliphatic carboxylic acids is 1. The van der Waals surface area contributed by atoms with Crippen molar-refractivity contribution >= 4 is 11.8 Å². The molecular formula is C22H37FO4. The molecule has 3 atom stereocenters. The lowest BCUT2D eigenvalue weighted by atomic mass is 9.89. The van der Waals surface area contributed by atoms with Gasteiger partial charge in [0.05, 0.1) is 0 Å². The minimum atomic E-state index is -3.13. The summed E-state index contributed by atoms with van der Waals surface area (Å²) >= 11 is 0. The number of alkyl halides is 1. The molecule has 0 aromatic heterocycles. The number of Topliss-reactive ketones (excluding diaryl/α,β-unsaturated/α-hetero) is 1. The molecule has 2 N–H and O–H groups in total. The molecule has 1 fully saturated rings. The number of unbranched alkanes of at least 4 members (excludes halogenated alkanes) is 8. The van der Waals surface area contributed by atoms with Crippen LogP contribution in [-0.2, 0) is 9.59 Å². The van der Waals surface area contributed by atoms with Crippen molar-refractivity contribution in [2.75, 3.05) is 0 Å². The Morgan fingerprint density at radius 2 is 1.81 bits per heavy atom. The molecule has 0 amide bonds. The predicted octanol–water partition coefficient (Wildman–Crippen LogP) is 5.58. The number of carbonyl (C=O) groups excluding carboxylic acids is 1. The number of halogens is 1. The quantitative estimate of drug-likeness (QED) is 0.285. The van der Waals surface area contributed by atoms with Crippen molar-refractivity contribution in [2.45, 2.75) is 103 Å². The molecule has 1 saturated carbocycles. The molecule has 4 nitrogen and oxygen atoms in total.